The molecule has 1 saturated carbocycles. The molecular formula is C17H23N5O2. The summed E-state index contributed by atoms with van der Waals surface area (Å²) in [6.45, 7) is 5.31. The molecule has 4 rings (SSSR count). The van der Waals surface area contributed by atoms with E-state index in [0.717, 1.165) is 49.6 Å². The minimum Gasteiger partial charge on any atom is -0.339 e. The van der Waals surface area contributed by atoms with Crippen LogP contribution in [0.3, 0.4) is 0 Å². The first-order valence-electron chi connectivity index (χ1n) is 8.75. The van der Waals surface area contributed by atoms with E-state index in [1.165, 1.54) is 12.8 Å². The van der Waals surface area contributed by atoms with E-state index in [2.05, 4.69) is 20.3 Å². The van der Waals surface area contributed by atoms with Crippen LogP contribution in [0.15, 0.2) is 4.52 Å². The Bertz CT molecular complexity index is 726. The van der Waals surface area contributed by atoms with Crippen molar-refractivity contribution < 1.29 is 9.32 Å². The van der Waals surface area contributed by atoms with Crippen molar-refractivity contribution in [2.45, 2.75) is 51.9 Å². The van der Waals surface area contributed by atoms with Crippen molar-refractivity contribution in [2.75, 3.05) is 13.1 Å². The van der Waals surface area contributed by atoms with Gasteiger partial charge in [-0.2, -0.15) is 10.1 Å². The fourth-order valence-corrected chi connectivity index (χ4v) is 3.55. The number of aryl methyl sites for hydroxylation is 2. The first kappa shape index (κ1) is 15.4. The zero-order chi connectivity index (χ0) is 16.7. The fourth-order valence-electron chi connectivity index (χ4n) is 3.55. The number of H-pyrrole nitrogens is 1. The Kier molecular flexibility index (Phi) is 3.86. The van der Waals surface area contributed by atoms with Crippen LogP contribution in [0.25, 0.3) is 0 Å². The largest absolute Gasteiger partial charge is 0.339 e. The van der Waals surface area contributed by atoms with Gasteiger partial charge in [0.2, 0.25) is 5.89 Å². The molecule has 1 atom stereocenters. The van der Waals surface area contributed by atoms with E-state index in [4.69, 9.17) is 4.52 Å². The summed E-state index contributed by atoms with van der Waals surface area (Å²) in [6, 6.07) is 0. The minimum atomic E-state index is 0.0765. The lowest BCUT2D eigenvalue weighted by Gasteiger charge is -2.32. The fraction of sp³-hybridized carbons (Fsp3) is 0.647. The highest BCUT2D eigenvalue weighted by molar-refractivity contribution is 5.96. The summed E-state index contributed by atoms with van der Waals surface area (Å²) < 4.78 is 5.40. The van der Waals surface area contributed by atoms with Crippen molar-refractivity contribution in [3.05, 3.63) is 28.7 Å². The lowest BCUT2D eigenvalue weighted by Crippen LogP contribution is -2.41. The van der Waals surface area contributed by atoms with Crippen molar-refractivity contribution in [3.8, 4) is 0 Å². The molecule has 1 aliphatic heterocycles. The molecule has 1 saturated heterocycles. The van der Waals surface area contributed by atoms with Crippen molar-refractivity contribution in [1.82, 2.24) is 25.2 Å². The Morgan fingerprint density at radius 3 is 2.88 bits per heavy atom. The molecule has 24 heavy (non-hydrogen) atoms. The molecule has 1 N–H and O–H groups in total. The molecule has 7 heteroatoms. The zero-order valence-corrected chi connectivity index (χ0v) is 14.2. The molecule has 1 amide bonds. The lowest BCUT2D eigenvalue weighted by atomic mass is 9.94. The maximum atomic E-state index is 12.8. The number of piperidine rings is 1. The van der Waals surface area contributed by atoms with Crippen LogP contribution in [0.4, 0.5) is 0 Å². The van der Waals surface area contributed by atoms with Crippen LogP contribution in [0, 0.1) is 19.8 Å². The highest BCUT2D eigenvalue weighted by Crippen LogP contribution is 2.38. The van der Waals surface area contributed by atoms with Crippen molar-refractivity contribution in [2.24, 2.45) is 5.92 Å². The van der Waals surface area contributed by atoms with Gasteiger partial charge in [0, 0.05) is 31.1 Å². The predicted molar refractivity (Wildman–Crippen MR) is 86.7 cm³/mol. The first-order valence-corrected chi connectivity index (χ1v) is 8.75. The average molecular weight is 329 g/mol. The van der Waals surface area contributed by atoms with Gasteiger partial charge < -0.3 is 9.42 Å². The van der Waals surface area contributed by atoms with E-state index in [0.29, 0.717) is 23.3 Å². The number of carbonyl (C=O) groups excluding carboxylic acids is 1. The van der Waals surface area contributed by atoms with E-state index in [1.807, 2.05) is 18.7 Å². The molecule has 1 unspecified atom stereocenters. The molecule has 3 heterocycles. The van der Waals surface area contributed by atoms with Crippen LogP contribution in [-0.2, 0) is 6.42 Å². The van der Waals surface area contributed by atoms with Crippen LogP contribution >= 0.6 is 0 Å². The molecule has 0 bridgehead atoms. The number of likely N-dealkylation sites (tertiary alicyclic amines) is 1. The Labute approximate surface area is 140 Å². The second kappa shape index (κ2) is 6.03. The van der Waals surface area contributed by atoms with Crippen molar-refractivity contribution in [3.63, 3.8) is 0 Å². The molecule has 1 aliphatic carbocycles. The number of nitrogens with one attached hydrogen (secondary N) is 1. The molecule has 0 aromatic carbocycles. The number of hydrogen-bond acceptors (Lipinski definition) is 5. The van der Waals surface area contributed by atoms with Gasteiger partial charge in [-0.3, -0.25) is 9.89 Å². The second-order valence-corrected chi connectivity index (χ2v) is 7.09. The standard InChI is InChI=1S/C17H23N5O2/c1-10-15(11(2)20-19-10)17(23)22-7-3-4-12(9-22)8-14-18-16(21-24-14)13-5-6-13/h12-13H,3-9H2,1-2H3,(H,19,20). The smallest absolute Gasteiger partial charge is 0.257 e. The second-order valence-electron chi connectivity index (χ2n) is 7.09. The normalized spacial score (nSPS) is 21.2. The highest BCUT2D eigenvalue weighted by Gasteiger charge is 2.31. The topological polar surface area (TPSA) is 87.9 Å². The van der Waals surface area contributed by atoms with Crippen LogP contribution < -0.4 is 0 Å². The van der Waals surface area contributed by atoms with Gasteiger partial charge in [-0.1, -0.05) is 5.16 Å². The summed E-state index contributed by atoms with van der Waals surface area (Å²) in [4.78, 5) is 19.3. The number of nitrogens with zero attached hydrogens (tertiary/aromatic N) is 4. The number of amides is 1. The number of aromatic amines is 1. The summed E-state index contributed by atoms with van der Waals surface area (Å²) >= 11 is 0. The highest BCUT2D eigenvalue weighted by atomic mass is 16.5. The Morgan fingerprint density at radius 2 is 2.17 bits per heavy atom. The van der Waals surface area contributed by atoms with Gasteiger partial charge >= 0.3 is 0 Å². The number of rotatable bonds is 4. The monoisotopic (exact) mass is 329 g/mol. The van der Waals surface area contributed by atoms with Gasteiger partial charge in [0.25, 0.3) is 5.91 Å². The maximum absolute atomic E-state index is 12.8. The van der Waals surface area contributed by atoms with E-state index in [1.54, 1.807) is 0 Å². The van der Waals surface area contributed by atoms with E-state index >= 15 is 0 Å². The summed E-state index contributed by atoms with van der Waals surface area (Å²) in [5, 5.41) is 11.1. The van der Waals surface area contributed by atoms with E-state index in [-0.39, 0.29) is 5.91 Å². The van der Waals surface area contributed by atoms with Gasteiger partial charge in [0.1, 0.15) is 0 Å². The van der Waals surface area contributed by atoms with Gasteiger partial charge in [0.05, 0.1) is 11.3 Å². The molecule has 2 aliphatic rings. The average Bonchev–Trinajstić information content (AvgIpc) is 3.24. The molecule has 0 radical (unpaired) electrons. The summed E-state index contributed by atoms with van der Waals surface area (Å²) in [5.41, 5.74) is 2.32. The van der Waals surface area contributed by atoms with Gasteiger partial charge in [0.15, 0.2) is 5.82 Å². The molecule has 128 valence electrons. The van der Waals surface area contributed by atoms with E-state index in [9.17, 15) is 4.79 Å². The molecule has 7 nitrogen and oxygen atoms in total. The molecule has 2 aromatic rings. The zero-order valence-electron chi connectivity index (χ0n) is 14.2. The number of aromatic nitrogens is 4. The van der Waals surface area contributed by atoms with Gasteiger partial charge in [-0.15, -0.1) is 0 Å². The summed E-state index contributed by atoms with van der Waals surface area (Å²) in [6.07, 6.45) is 5.21. The van der Waals surface area contributed by atoms with Crippen molar-refractivity contribution >= 4 is 5.91 Å². The Morgan fingerprint density at radius 1 is 1.33 bits per heavy atom. The molecule has 2 aromatic heterocycles. The van der Waals surface area contributed by atoms with Crippen LogP contribution in [-0.4, -0.2) is 44.2 Å². The van der Waals surface area contributed by atoms with Gasteiger partial charge in [-0.25, -0.2) is 0 Å². The molecular weight excluding hydrogens is 306 g/mol. The SMILES string of the molecule is Cc1n[nH]c(C)c1C(=O)N1CCCC(Cc2nc(C3CC3)no2)C1. The lowest BCUT2D eigenvalue weighted by molar-refractivity contribution is 0.0666. The molecule has 2 fully saturated rings. The summed E-state index contributed by atoms with van der Waals surface area (Å²) in [5.74, 6) is 2.54. The third kappa shape index (κ3) is 2.95. The third-order valence-electron chi connectivity index (χ3n) is 5.04. The van der Waals surface area contributed by atoms with Crippen LogP contribution in [0.1, 0.15) is 65.1 Å². The number of carbonyl (C=O) groups is 1. The maximum Gasteiger partial charge on any atom is 0.257 e. The number of hydrogen-bond donors (Lipinski definition) is 1. The third-order valence-corrected chi connectivity index (χ3v) is 5.04. The van der Waals surface area contributed by atoms with Crippen LogP contribution in [0.5, 0.6) is 0 Å². The quantitative estimate of drug-likeness (QED) is 0.930. The predicted octanol–water partition coefficient (Wildman–Crippen LogP) is 2.38. The Hall–Kier alpha value is -2.18. The first-order chi connectivity index (χ1) is 11.6. The Balaban J connectivity index is 1.42. The molecule has 0 spiro atoms. The van der Waals surface area contributed by atoms with E-state index < -0.39 is 0 Å². The van der Waals surface area contributed by atoms with Gasteiger partial charge in [-0.05, 0) is 45.4 Å². The van der Waals surface area contributed by atoms with Crippen LogP contribution in [0.2, 0.25) is 0 Å². The van der Waals surface area contributed by atoms with Crippen molar-refractivity contribution in [1.29, 1.82) is 0 Å². The summed E-state index contributed by atoms with van der Waals surface area (Å²) in [7, 11) is 0. The minimum absolute atomic E-state index is 0.0765.